The van der Waals surface area contributed by atoms with Crippen molar-refractivity contribution in [2.24, 2.45) is 0 Å². The molecule has 1 saturated heterocycles. The molecule has 1 fully saturated rings. The third kappa shape index (κ3) is 3.40. The molecule has 4 heterocycles. The summed E-state index contributed by atoms with van der Waals surface area (Å²) >= 11 is 0. The van der Waals surface area contributed by atoms with Gasteiger partial charge in [0.15, 0.2) is 11.6 Å². The molecule has 1 aliphatic rings. The predicted molar refractivity (Wildman–Crippen MR) is 113 cm³/mol. The van der Waals surface area contributed by atoms with Gasteiger partial charge in [-0.1, -0.05) is 12.1 Å². The van der Waals surface area contributed by atoms with Crippen LogP contribution >= 0.6 is 0 Å². The summed E-state index contributed by atoms with van der Waals surface area (Å²) in [7, 11) is 0. The Morgan fingerprint density at radius 3 is 2.24 bits per heavy atom. The fraction of sp³-hybridized carbons (Fsp3) is 0.273. The van der Waals surface area contributed by atoms with E-state index in [1.165, 1.54) is 0 Å². The lowest BCUT2D eigenvalue weighted by molar-refractivity contribution is 0.577. The molecule has 146 valence electrons. The van der Waals surface area contributed by atoms with E-state index in [-0.39, 0.29) is 0 Å². The van der Waals surface area contributed by atoms with E-state index in [2.05, 4.69) is 25.8 Å². The van der Waals surface area contributed by atoms with E-state index in [4.69, 9.17) is 14.4 Å². The van der Waals surface area contributed by atoms with Crippen molar-refractivity contribution in [3.63, 3.8) is 0 Å². The SMILES string of the molecule is Cc1cc(C)nc(N2CCN(c3nc(-c4ccco4)nc4ccccc34)CC2)n1. The number of anilines is 2. The van der Waals surface area contributed by atoms with Gasteiger partial charge in [0.05, 0.1) is 11.8 Å². The molecule has 0 bridgehead atoms. The summed E-state index contributed by atoms with van der Waals surface area (Å²) in [5.41, 5.74) is 2.92. The molecule has 4 aromatic rings. The van der Waals surface area contributed by atoms with Crippen LogP contribution in [0.5, 0.6) is 0 Å². The largest absolute Gasteiger partial charge is 0.461 e. The van der Waals surface area contributed by atoms with Crippen molar-refractivity contribution in [3.05, 3.63) is 60.1 Å². The van der Waals surface area contributed by atoms with Gasteiger partial charge in [-0.2, -0.15) is 0 Å². The molecule has 0 amide bonds. The van der Waals surface area contributed by atoms with Crippen molar-refractivity contribution in [2.75, 3.05) is 36.0 Å². The van der Waals surface area contributed by atoms with Crippen LogP contribution in [0.2, 0.25) is 0 Å². The van der Waals surface area contributed by atoms with Crippen LogP contribution in [-0.2, 0) is 0 Å². The molecule has 0 unspecified atom stereocenters. The summed E-state index contributed by atoms with van der Waals surface area (Å²) in [6.45, 7) is 7.40. The van der Waals surface area contributed by atoms with Crippen molar-refractivity contribution in [1.82, 2.24) is 19.9 Å². The molecule has 7 heteroatoms. The van der Waals surface area contributed by atoms with Gasteiger partial charge in [0.1, 0.15) is 5.82 Å². The topological polar surface area (TPSA) is 71.2 Å². The van der Waals surface area contributed by atoms with E-state index in [0.717, 1.165) is 60.2 Å². The summed E-state index contributed by atoms with van der Waals surface area (Å²) in [5, 5.41) is 1.05. The lowest BCUT2D eigenvalue weighted by Gasteiger charge is -2.36. The maximum atomic E-state index is 5.54. The maximum Gasteiger partial charge on any atom is 0.225 e. The number of nitrogens with zero attached hydrogens (tertiary/aromatic N) is 6. The first-order chi connectivity index (χ1) is 14.2. The highest BCUT2D eigenvalue weighted by atomic mass is 16.3. The van der Waals surface area contributed by atoms with Crippen molar-refractivity contribution in [2.45, 2.75) is 13.8 Å². The molecule has 0 atom stereocenters. The highest BCUT2D eigenvalue weighted by molar-refractivity contribution is 5.91. The number of piperazine rings is 1. The van der Waals surface area contributed by atoms with Crippen LogP contribution in [0.4, 0.5) is 11.8 Å². The molecule has 0 radical (unpaired) electrons. The number of aryl methyl sites for hydroxylation is 2. The minimum Gasteiger partial charge on any atom is -0.461 e. The zero-order chi connectivity index (χ0) is 19.8. The molecule has 0 aliphatic carbocycles. The van der Waals surface area contributed by atoms with Crippen LogP contribution in [0.1, 0.15) is 11.4 Å². The molecule has 0 saturated carbocycles. The highest BCUT2D eigenvalue weighted by Crippen LogP contribution is 2.28. The molecular weight excluding hydrogens is 364 g/mol. The smallest absolute Gasteiger partial charge is 0.225 e. The van der Waals surface area contributed by atoms with Gasteiger partial charge in [-0.05, 0) is 44.2 Å². The van der Waals surface area contributed by atoms with Gasteiger partial charge in [0, 0.05) is 43.0 Å². The van der Waals surface area contributed by atoms with E-state index in [1.807, 2.05) is 50.2 Å². The van der Waals surface area contributed by atoms with E-state index >= 15 is 0 Å². The van der Waals surface area contributed by atoms with Crippen LogP contribution in [0.25, 0.3) is 22.5 Å². The molecule has 1 aromatic carbocycles. The van der Waals surface area contributed by atoms with Crippen molar-refractivity contribution >= 4 is 22.7 Å². The third-order valence-corrected chi connectivity index (χ3v) is 5.16. The molecule has 7 nitrogen and oxygen atoms in total. The minimum absolute atomic E-state index is 0.615. The predicted octanol–water partition coefficient (Wildman–Crippen LogP) is 3.62. The normalized spacial score (nSPS) is 14.6. The van der Waals surface area contributed by atoms with Gasteiger partial charge in [-0.25, -0.2) is 19.9 Å². The summed E-state index contributed by atoms with van der Waals surface area (Å²) < 4.78 is 5.54. The van der Waals surface area contributed by atoms with Gasteiger partial charge >= 0.3 is 0 Å². The second-order valence-electron chi connectivity index (χ2n) is 7.29. The van der Waals surface area contributed by atoms with Crippen LogP contribution in [-0.4, -0.2) is 46.1 Å². The number of fused-ring (bicyclic) bond motifs is 1. The molecule has 29 heavy (non-hydrogen) atoms. The number of hydrogen-bond acceptors (Lipinski definition) is 7. The van der Waals surface area contributed by atoms with E-state index in [1.54, 1.807) is 6.26 Å². The molecule has 0 N–H and O–H groups in total. The van der Waals surface area contributed by atoms with Gasteiger partial charge < -0.3 is 14.2 Å². The number of hydrogen-bond donors (Lipinski definition) is 0. The van der Waals surface area contributed by atoms with Crippen LogP contribution < -0.4 is 9.80 Å². The molecule has 3 aromatic heterocycles. The first-order valence-corrected chi connectivity index (χ1v) is 9.80. The zero-order valence-corrected chi connectivity index (χ0v) is 16.5. The monoisotopic (exact) mass is 386 g/mol. The maximum absolute atomic E-state index is 5.54. The summed E-state index contributed by atoms with van der Waals surface area (Å²) in [6.07, 6.45) is 1.65. The second-order valence-corrected chi connectivity index (χ2v) is 7.29. The fourth-order valence-electron chi connectivity index (χ4n) is 3.78. The van der Waals surface area contributed by atoms with Crippen molar-refractivity contribution in [1.29, 1.82) is 0 Å². The summed E-state index contributed by atoms with van der Waals surface area (Å²) in [5.74, 6) is 3.05. The Kier molecular flexibility index (Phi) is 4.35. The zero-order valence-electron chi connectivity index (χ0n) is 16.5. The number of rotatable bonds is 3. The lowest BCUT2D eigenvalue weighted by atomic mass is 10.2. The average molecular weight is 386 g/mol. The summed E-state index contributed by atoms with van der Waals surface area (Å²) in [6, 6.07) is 13.9. The molecule has 5 rings (SSSR count). The molecular formula is C22H22N6O. The van der Waals surface area contributed by atoms with Crippen LogP contribution in [0, 0.1) is 13.8 Å². The second kappa shape index (κ2) is 7.16. The van der Waals surface area contributed by atoms with Gasteiger partial charge in [-0.15, -0.1) is 0 Å². The number of para-hydroxylation sites is 1. The van der Waals surface area contributed by atoms with Crippen LogP contribution in [0.3, 0.4) is 0 Å². The standard InChI is InChI=1S/C22H22N6O/c1-15-14-16(2)24-22(23-15)28-11-9-27(10-12-28)21-17-6-3-4-7-18(17)25-20(26-21)19-8-5-13-29-19/h3-8,13-14H,9-12H2,1-2H3. The Morgan fingerprint density at radius 1 is 0.793 bits per heavy atom. The number of furan rings is 1. The molecule has 0 spiro atoms. The Morgan fingerprint density at radius 2 is 1.52 bits per heavy atom. The van der Waals surface area contributed by atoms with E-state index in [0.29, 0.717) is 11.6 Å². The van der Waals surface area contributed by atoms with Gasteiger partial charge in [0.2, 0.25) is 5.95 Å². The summed E-state index contributed by atoms with van der Waals surface area (Å²) in [4.78, 5) is 23.3. The van der Waals surface area contributed by atoms with E-state index < -0.39 is 0 Å². The quantitative estimate of drug-likeness (QED) is 0.532. The van der Waals surface area contributed by atoms with Crippen molar-refractivity contribution in [3.8, 4) is 11.6 Å². The van der Waals surface area contributed by atoms with E-state index in [9.17, 15) is 0 Å². The third-order valence-electron chi connectivity index (χ3n) is 5.16. The Labute approximate surface area is 169 Å². The fourth-order valence-corrected chi connectivity index (χ4v) is 3.78. The Balaban J connectivity index is 1.46. The average Bonchev–Trinajstić information content (AvgIpc) is 3.27. The Hall–Kier alpha value is -3.48. The first-order valence-electron chi connectivity index (χ1n) is 9.80. The first kappa shape index (κ1) is 17.6. The van der Waals surface area contributed by atoms with Crippen molar-refractivity contribution < 1.29 is 4.42 Å². The molecule has 1 aliphatic heterocycles. The number of aromatic nitrogens is 4. The number of benzene rings is 1. The van der Waals surface area contributed by atoms with Gasteiger partial charge in [0.25, 0.3) is 0 Å². The lowest BCUT2D eigenvalue weighted by Crippen LogP contribution is -2.47. The minimum atomic E-state index is 0.615. The highest BCUT2D eigenvalue weighted by Gasteiger charge is 2.23. The van der Waals surface area contributed by atoms with Gasteiger partial charge in [-0.3, -0.25) is 0 Å². The van der Waals surface area contributed by atoms with Crippen LogP contribution in [0.15, 0.2) is 53.1 Å². The Bertz CT molecular complexity index is 1130.